The van der Waals surface area contributed by atoms with Crippen molar-refractivity contribution in [2.75, 3.05) is 26.2 Å². The fourth-order valence-corrected chi connectivity index (χ4v) is 2.51. The molecule has 0 aliphatic carbocycles. The maximum Gasteiger partial charge on any atom is 0.283 e. The Morgan fingerprint density at radius 2 is 2.37 bits per heavy atom. The molecule has 0 aromatic heterocycles. The molecule has 1 aromatic rings. The van der Waals surface area contributed by atoms with Gasteiger partial charge in [0.15, 0.2) is 0 Å². The Labute approximate surface area is 119 Å². The topological polar surface area (TPSA) is 81.6 Å². The highest BCUT2D eigenvalue weighted by Gasteiger charge is 2.20. The zero-order chi connectivity index (χ0) is 13.8. The molecule has 1 aromatic carbocycles. The number of hydrogen-bond acceptors (Lipinski definition) is 5. The lowest BCUT2D eigenvalue weighted by atomic mass is 10.1. The number of nitro groups is 1. The third-order valence-corrected chi connectivity index (χ3v) is 3.77. The largest absolute Gasteiger partial charge is 0.374 e. The third kappa shape index (κ3) is 3.73. The Balaban J connectivity index is 2.06. The van der Waals surface area contributed by atoms with Gasteiger partial charge in [0.1, 0.15) is 0 Å². The van der Waals surface area contributed by atoms with Gasteiger partial charge >= 0.3 is 0 Å². The second-order valence-corrected chi connectivity index (χ2v) is 5.36. The first kappa shape index (κ1) is 14.4. The van der Waals surface area contributed by atoms with Gasteiger partial charge < -0.3 is 10.5 Å². The van der Waals surface area contributed by atoms with Crippen molar-refractivity contribution in [1.82, 2.24) is 4.90 Å². The van der Waals surface area contributed by atoms with Crippen molar-refractivity contribution in [2.24, 2.45) is 5.73 Å². The van der Waals surface area contributed by atoms with Crippen LogP contribution in [0.4, 0.5) is 5.69 Å². The molecule has 0 radical (unpaired) electrons. The molecule has 7 heteroatoms. The minimum atomic E-state index is -0.379. The zero-order valence-corrected chi connectivity index (χ0v) is 12.0. The van der Waals surface area contributed by atoms with Crippen LogP contribution in [-0.2, 0) is 11.3 Å². The summed E-state index contributed by atoms with van der Waals surface area (Å²) < 4.78 is 6.00. The van der Waals surface area contributed by atoms with Crippen molar-refractivity contribution >= 4 is 21.6 Å². The summed E-state index contributed by atoms with van der Waals surface area (Å²) in [5, 5.41) is 10.9. The summed E-state index contributed by atoms with van der Waals surface area (Å²) in [7, 11) is 0. The summed E-state index contributed by atoms with van der Waals surface area (Å²) >= 11 is 3.19. The molecule has 2 N–H and O–H groups in total. The van der Waals surface area contributed by atoms with Crippen molar-refractivity contribution < 1.29 is 9.66 Å². The molecule has 2 rings (SSSR count). The number of hydrogen-bond donors (Lipinski definition) is 1. The fraction of sp³-hybridized carbons (Fsp3) is 0.500. The van der Waals surface area contributed by atoms with E-state index in [9.17, 15) is 10.1 Å². The van der Waals surface area contributed by atoms with Gasteiger partial charge in [-0.3, -0.25) is 15.0 Å². The SMILES string of the molecule is NCC1CN(Cc2ccc(Br)c([N+](=O)[O-])c2)CCO1. The van der Waals surface area contributed by atoms with Gasteiger partial charge in [0.25, 0.3) is 5.69 Å². The van der Waals surface area contributed by atoms with E-state index in [1.165, 1.54) is 0 Å². The van der Waals surface area contributed by atoms with Crippen LogP contribution in [0.15, 0.2) is 22.7 Å². The normalized spacial score (nSPS) is 20.4. The van der Waals surface area contributed by atoms with Crippen molar-refractivity contribution in [2.45, 2.75) is 12.6 Å². The molecule has 0 spiro atoms. The van der Waals surface area contributed by atoms with Gasteiger partial charge in [-0.1, -0.05) is 6.07 Å². The highest BCUT2D eigenvalue weighted by atomic mass is 79.9. The summed E-state index contributed by atoms with van der Waals surface area (Å²) in [6.45, 7) is 3.41. The van der Waals surface area contributed by atoms with Gasteiger partial charge in [-0.2, -0.15) is 0 Å². The first-order valence-electron chi connectivity index (χ1n) is 6.07. The first-order chi connectivity index (χ1) is 9.10. The minimum Gasteiger partial charge on any atom is -0.374 e. The van der Waals surface area contributed by atoms with Crippen LogP contribution in [0.5, 0.6) is 0 Å². The lowest BCUT2D eigenvalue weighted by molar-refractivity contribution is -0.385. The smallest absolute Gasteiger partial charge is 0.283 e. The van der Waals surface area contributed by atoms with Crippen LogP contribution in [0.1, 0.15) is 5.56 Å². The van der Waals surface area contributed by atoms with Gasteiger partial charge in [-0.25, -0.2) is 0 Å². The second kappa shape index (κ2) is 6.42. The quantitative estimate of drug-likeness (QED) is 0.669. The molecule has 1 heterocycles. The zero-order valence-electron chi connectivity index (χ0n) is 10.4. The highest BCUT2D eigenvalue weighted by Crippen LogP contribution is 2.26. The van der Waals surface area contributed by atoms with Gasteiger partial charge in [0.05, 0.1) is 22.1 Å². The van der Waals surface area contributed by atoms with Crippen LogP contribution < -0.4 is 5.73 Å². The van der Waals surface area contributed by atoms with Crippen LogP contribution in [0.3, 0.4) is 0 Å². The molecule has 104 valence electrons. The molecule has 1 atom stereocenters. The molecule has 1 saturated heterocycles. The fourth-order valence-electron chi connectivity index (χ4n) is 2.12. The van der Waals surface area contributed by atoms with E-state index in [0.29, 0.717) is 24.2 Å². The molecule has 1 aliphatic heterocycles. The first-order valence-corrected chi connectivity index (χ1v) is 6.86. The monoisotopic (exact) mass is 329 g/mol. The van der Waals surface area contributed by atoms with Gasteiger partial charge in [0, 0.05) is 32.2 Å². The van der Waals surface area contributed by atoms with Crippen LogP contribution in [0.25, 0.3) is 0 Å². The van der Waals surface area contributed by atoms with E-state index in [-0.39, 0.29) is 16.7 Å². The van der Waals surface area contributed by atoms with Gasteiger partial charge in [0.2, 0.25) is 0 Å². The number of nitrogens with two attached hydrogens (primary N) is 1. The highest BCUT2D eigenvalue weighted by molar-refractivity contribution is 9.10. The average Bonchev–Trinajstić information content (AvgIpc) is 2.41. The molecule has 1 aliphatic rings. The Hall–Kier alpha value is -1.02. The van der Waals surface area contributed by atoms with E-state index in [1.54, 1.807) is 12.1 Å². The number of benzene rings is 1. The Kier molecular flexibility index (Phi) is 4.87. The molecule has 6 nitrogen and oxygen atoms in total. The van der Waals surface area contributed by atoms with E-state index in [2.05, 4.69) is 20.8 Å². The van der Waals surface area contributed by atoms with E-state index in [0.717, 1.165) is 18.7 Å². The summed E-state index contributed by atoms with van der Waals surface area (Å²) in [5.41, 5.74) is 6.62. The maximum absolute atomic E-state index is 10.9. The molecule has 0 saturated carbocycles. The number of halogens is 1. The standard InChI is InChI=1S/C12H16BrN3O3/c13-11-2-1-9(5-12(11)16(17)18)7-15-3-4-19-10(6-14)8-15/h1-2,5,10H,3-4,6-8,14H2. The number of ether oxygens (including phenoxy) is 1. The maximum atomic E-state index is 10.9. The van der Waals surface area contributed by atoms with Crippen LogP contribution >= 0.6 is 15.9 Å². The van der Waals surface area contributed by atoms with Crippen LogP contribution in [-0.4, -0.2) is 42.2 Å². The van der Waals surface area contributed by atoms with Gasteiger partial charge in [-0.05, 0) is 27.6 Å². The summed E-state index contributed by atoms with van der Waals surface area (Å²) in [4.78, 5) is 12.7. The average molecular weight is 330 g/mol. The Morgan fingerprint density at radius 3 is 3.05 bits per heavy atom. The molecule has 1 unspecified atom stereocenters. The summed E-state index contributed by atoms with van der Waals surface area (Å²) in [6, 6.07) is 5.22. The predicted octanol–water partition coefficient (Wildman–Crippen LogP) is 1.52. The molecular weight excluding hydrogens is 314 g/mol. The molecule has 0 bridgehead atoms. The lowest BCUT2D eigenvalue weighted by Gasteiger charge is -2.32. The van der Waals surface area contributed by atoms with Crippen molar-refractivity contribution in [3.05, 3.63) is 38.3 Å². The Morgan fingerprint density at radius 1 is 1.58 bits per heavy atom. The number of morpholine rings is 1. The van der Waals surface area contributed by atoms with E-state index >= 15 is 0 Å². The number of nitro benzene ring substituents is 1. The molecular formula is C12H16BrN3O3. The van der Waals surface area contributed by atoms with E-state index in [4.69, 9.17) is 10.5 Å². The predicted molar refractivity (Wildman–Crippen MR) is 74.9 cm³/mol. The van der Waals surface area contributed by atoms with Crippen molar-refractivity contribution in [3.63, 3.8) is 0 Å². The summed E-state index contributed by atoms with van der Waals surface area (Å²) in [6.07, 6.45) is 0.0548. The third-order valence-electron chi connectivity index (χ3n) is 3.10. The number of rotatable bonds is 4. The van der Waals surface area contributed by atoms with Gasteiger partial charge in [-0.15, -0.1) is 0 Å². The van der Waals surface area contributed by atoms with Crippen LogP contribution in [0, 0.1) is 10.1 Å². The van der Waals surface area contributed by atoms with Crippen molar-refractivity contribution in [1.29, 1.82) is 0 Å². The summed E-state index contributed by atoms with van der Waals surface area (Å²) in [5.74, 6) is 0. The second-order valence-electron chi connectivity index (χ2n) is 4.51. The van der Waals surface area contributed by atoms with E-state index < -0.39 is 0 Å². The van der Waals surface area contributed by atoms with Crippen LogP contribution in [0.2, 0.25) is 0 Å². The lowest BCUT2D eigenvalue weighted by Crippen LogP contribution is -2.45. The Bertz CT molecular complexity index is 470. The molecule has 19 heavy (non-hydrogen) atoms. The van der Waals surface area contributed by atoms with Crippen molar-refractivity contribution in [3.8, 4) is 0 Å². The molecule has 0 amide bonds. The minimum absolute atomic E-state index is 0.0548. The van der Waals surface area contributed by atoms with E-state index in [1.807, 2.05) is 6.07 Å². The number of nitrogens with zero attached hydrogens (tertiary/aromatic N) is 2. The molecule has 1 fully saturated rings.